The Morgan fingerprint density at radius 3 is 2.58 bits per heavy atom. The number of rotatable bonds is 3. The predicted octanol–water partition coefficient (Wildman–Crippen LogP) is 2.71. The number of carbonyl (C=O) groups excluding carboxylic acids is 1. The molecule has 1 aliphatic rings. The number of carbonyl (C=O) groups is 1. The summed E-state index contributed by atoms with van der Waals surface area (Å²) in [6, 6.07) is 2.32. The minimum absolute atomic E-state index is 0.124. The minimum Gasteiger partial charge on any atom is -0.463 e. The fraction of sp³-hybridized carbons (Fsp3) is 0.643. The average molecular weight is 263 g/mol. The number of hydrogen-bond acceptors (Lipinski definition) is 5. The molecule has 5 nitrogen and oxygen atoms in total. The molecule has 1 aromatic heterocycles. The summed E-state index contributed by atoms with van der Waals surface area (Å²) in [4.78, 5) is 19.8. The molecule has 2 rings (SSSR count). The van der Waals surface area contributed by atoms with Gasteiger partial charge in [0.25, 0.3) is 0 Å². The van der Waals surface area contributed by atoms with Gasteiger partial charge >= 0.3 is 5.97 Å². The Hall–Kier alpha value is -1.65. The van der Waals surface area contributed by atoms with Crippen LogP contribution in [0, 0.1) is 6.92 Å². The molecule has 0 bridgehead atoms. The molecule has 1 aliphatic carbocycles. The third-order valence-electron chi connectivity index (χ3n) is 3.43. The van der Waals surface area contributed by atoms with Gasteiger partial charge in [-0.15, -0.1) is 0 Å². The second kappa shape index (κ2) is 6.50. The topological polar surface area (TPSA) is 64.1 Å². The Bertz CT molecular complexity index is 440. The maximum Gasteiger partial charge on any atom is 0.376 e. The number of anilines is 1. The number of nitrogens with one attached hydrogen (secondary N) is 1. The van der Waals surface area contributed by atoms with Crippen LogP contribution >= 0.6 is 0 Å². The van der Waals surface area contributed by atoms with E-state index in [1.165, 1.54) is 32.8 Å². The van der Waals surface area contributed by atoms with Crippen LogP contribution < -0.4 is 5.32 Å². The van der Waals surface area contributed by atoms with E-state index in [2.05, 4.69) is 20.0 Å². The fourth-order valence-electron chi connectivity index (χ4n) is 2.46. The molecular weight excluding hydrogens is 242 g/mol. The highest BCUT2D eigenvalue weighted by atomic mass is 16.5. The van der Waals surface area contributed by atoms with Crippen molar-refractivity contribution in [3.63, 3.8) is 0 Å². The van der Waals surface area contributed by atoms with Crippen LogP contribution in [0.25, 0.3) is 0 Å². The summed E-state index contributed by atoms with van der Waals surface area (Å²) in [6.07, 6.45) is 7.47. The van der Waals surface area contributed by atoms with E-state index in [1.54, 1.807) is 0 Å². The van der Waals surface area contributed by atoms with Gasteiger partial charge in [0.05, 0.1) is 7.11 Å². The molecule has 0 aliphatic heterocycles. The van der Waals surface area contributed by atoms with E-state index in [1.807, 2.05) is 13.0 Å². The fourth-order valence-corrected chi connectivity index (χ4v) is 2.46. The van der Waals surface area contributed by atoms with E-state index in [9.17, 15) is 4.79 Å². The lowest BCUT2D eigenvalue weighted by Crippen LogP contribution is -2.20. The van der Waals surface area contributed by atoms with Gasteiger partial charge in [0.15, 0.2) is 0 Å². The van der Waals surface area contributed by atoms with Gasteiger partial charge in [-0.05, 0) is 19.8 Å². The predicted molar refractivity (Wildman–Crippen MR) is 73.2 cm³/mol. The van der Waals surface area contributed by atoms with Gasteiger partial charge in [0, 0.05) is 17.8 Å². The van der Waals surface area contributed by atoms with Gasteiger partial charge in [-0.3, -0.25) is 0 Å². The van der Waals surface area contributed by atoms with Crippen LogP contribution in [0.5, 0.6) is 0 Å². The van der Waals surface area contributed by atoms with Crippen molar-refractivity contribution >= 4 is 11.8 Å². The molecule has 0 amide bonds. The number of methoxy groups -OCH3 is 1. The maximum atomic E-state index is 11.5. The Balaban J connectivity index is 2.10. The first kappa shape index (κ1) is 13.8. The first-order chi connectivity index (χ1) is 9.19. The molecule has 1 saturated carbocycles. The minimum atomic E-state index is -0.493. The second-order valence-corrected chi connectivity index (χ2v) is 5.04. The second-order valence-electron chi connectivity index (χ2n) is 5.04. The van der Waals surface area contributed by atoms with Gasteiger partial charge in [-0.2, -0.15) is 0 Å². The Morgan fingerprint density at radius 2 is 1.95 bits per heavy atom. The number of aromatic nitrogens is 2. The van der Waals surface area contributed by atoms with E-state index < -0.39 is 5.97 Å². The molecule has 0 spiro atoms. The summed E-state index contributed by atoms with van der Waals surface area (Å²) in [7, 11) is 1.34. The average Bonchev–Trinajstić information content (AvgIpc) is 2.65. The standard InChI is InChI=1S/C14H21N3O2/c1-10-9-12(17-13(15-10)14(18)19-2)16-11-7-5-3-4-6-8-11/h9,11H,3-8H2,1-2H3,(H,15,16,17). The largest absolute Gasteiger partial charge is 0.463 e. The third-order valence-corrected chi connectivity index (χ3v) is 3.43. The lowest BCUT2D eigenvalue weighted by molar-refractivity contribution is 0.0586. The van der Waals surface area contributed by atoms with Crippen molar-refractivity contribution in [2.45, 2.75) is 51.5 Å². The van der Waals surface area contributed by atoms with Crippen molar-refractivity contribution in [3.8, 4) is 0 Å². The van der Waals surface area contributed by atoms with E-state index in [4.69, 9.17) is 0 Å². The zero-order valence-corrected chi connectivity index (χ0v) is 11.6. The van der Waals surface area contributed by atoms with Crippen LogP contribution in [0.1, 0.15) is 54.8 Å². The molecule has 1 heterocycles. The van der Waals surface area contributed by atoms with Gasteiger partial charge in [0.2, 0.25) is 5.82 Å². The lowest BCUT2D eigenvalue weighted by atomic mass is 10.1. The smallest absolute Gasteiger partial charge is 0.376 e. The van der Waals surface area contributed by atoms with Gasteiger partial charge in [-0.1, -0.05) is 25.7 Å². The summed E-state index contributed by atoms with van der Waals surface area (Å²) in [5.41, 5.74) is 0.770. The van der Waals surface area contributed by atoms with Crippen molar-refractivity contribution in [2.75, 3.05) is 12.4 Å². The van der Waals surface area contributed by atoms with Crippen LogP contribution in [-0.2, 0) is 4.74 Å². The van der Waals surface area contributed by atoms with Crippen LogP contribution in [-0.4, -0.2) is 29.1 Å². The lowest BCUT2D eigenvalue weighted by Gasteiger charge is -2.17. The van der Waals surface area contributed by atoms with Crippen LogP contribution in [0.2, 0.25) is 0 Å². The molecular formula is C14H21N3O2. The van der Waals surface area contributed by atoms with Gasteiger partial charge in [-0.25, -0.2) is 14.8 Å². The quantitative estimate of drug-likeness (QED) is 0.671. The number of esters is 1. The first-order valence-corrected chi connectivity index (χ1v) is 6.89. The Morgan fingerprint density at radius 1 is 1.26 bits per heavy atom. The molecule has 0 aromatic carbocycles. The zero-order chi connectivity index (χ0) is 13.7. The van der Waals surface area contributed by atoms with E-state index in [-0.39, 0.29) is 5.82 Å². The highest BCUT2D eigenvalue weighted by Crippen LogP contribution is 2.20. The van der Waals surface area contributed by atoms with Crippen molar-refractivity contribution in [1.82, 2.24) is 9.97 Å². The molecule has 5 heteroatoms. The number of nitrogens with zero attached hydrogens (tertiary/aromatic N) is 2. The third kappa shape index (κ3) is 3.91. The van der Waals surface area contributed by atoms with E-state index >= 15 is 0 Å². The van der Waals surface area contributed by atoms with E-state index in [0.717, 1.165) is 24.4 Å². The van der Waals surface area contributed by atoms with Crippen molar-refractivity contribution in [3.05, 3.63) is 17.6 Å². The molecule has 0 unspecified atom stereocenters. The monoisotopic (exact) mass is 263 g/mol. The van der Waals surface area contributed by atoms with E-state index in [0.29, 0.717) is 6.04 Å². The summed E-state index contributed by atoms with van der Waals surface area (Å²) in [5.74, 6) is 0.353. The van der Waals surface area contributed by atoms with Crippen LogP contribution in [0.15, 0.2) is 6.07 Å². The summed E-state index contributed by atoms with van der Waals surface area (Å²) < 4.78 is 4.66. The summed E-state index contributed by atoms with van der Waals surface area (Å²) >= 11 is 0. The molecule has 1 fully saturated rings. The van der Waals surface area contributed by atoms with Crippen LogP contribution in [0.3, 0.4) is 0 Å². The number of aryl methyl sites for hydroxylation is 1. The normalized spacial score (nSPS) is 16.7. The van der Waals surface area contributed by atoms with Gasteiger partial charge in [0.1, 0.15) is 5.82 Å². The number of hydrogen-bond donors (Lipinski definition) is 1. The van der Waals surface area contributed by atoms with Crippen molar-refractivity contribution < 1.29 is 9.53 Å². The van der Waals surface area contributed by atoms with Gasteiger partial charge < -0.3 is 10.1 Å². The summed E-state index contributed by atoms with van der Waals surface area (Å²) in [6.45, 7) is 1.85. The highest BCUT2D eigenvalue weighted by molar-refractivity contribution is 5.85. The van der Waals surface area contributed by atoms with Crippen molar-refractivity contribution in [2.24, 2.45) is 0 Å². The SMILES string of the molecule is COC(=O)c1nc(C)cc(NC2CCCCCC2)n1. The molecule has 104 valence electrons. The molecule has 0 saturated heterocycles. The highest BCUT2D eigenvalue weighted by Gasteiger charge is 2.15. The molecule has 0 atom stereocenters. The molecule has 1 N–H and O–H groups in total. The van der Waals surface area contributed by atoms with Crippen LogP contribution in [0.4, 0.5) is 5.82 Å². The zero-order valence-electron chi connectivity index (χ0n) is 11.6. The van der Waals surface area contributed by atoms with Crippen molar-refractivity contribution in [1.29, 1.82) is 0 Å². The number of ether oxygens (including phenoxy) is 1. The maximum absolute atomic E-state index is 11.5. The molecule has 1 aromatic rings. The Labute approximate surface area is 113 Å². The molecule has 0 radical (unpaired) electrons. The first-order valence-electron chi connectivity index (χ1n) is 6.89. The Kier molecular flexibility index (Phi) is 4.71. The molecule has 19 heavy (non-hydrogen) atoms. The summed E-state index contributed by atoms with van der Waals surface area (Å²) in [5, 5.41) is 3.42.